The predicted octanol–water partition coefficient (Wildman–Crippen LogP) is 7.53. The van der Waals surface area contributed by atoms with Crippen molar-refractivity contribution in [2.24, 2.45) is 0 Å². The van der Waals surface area contributed by atoms with Gasteiger partial charge in [-0.2, -0.15) is 0 Å². The molecule has 1 aromatic carbocycles. The lowest BCUT2D eigenvalue weighted by Gasteiger charge is -2.16. The molecule has 0 saturated carbocycles. The van der Waals surface area contributed by atoms with Crippen LogP contribution in [0.5, 0.6) is 5.75 Å². The maximum absolute atomic E-state index is 6.54. The van der Waals surface area contributed by atoms with Gasteiger partial charge in [-0.05, 0) is 34.5 Å². The Labute approximate surface area is 147 Å². The van der Waals surface area contributed by atoms with Gasteiger partial charge in [0.2, 0.25) is 0 Å². The Kier molecular flexibility index (Phi) is 9.79. The molecule has 1 unspecified atom stereocenters. The smallest absolute Gasteiger partial charge is 0.137 e. The molecule has 1 rings (SSSR count). The van der Waals surface area contributed by atoms with E-state index in [1.807, 2.05) is 12.1 Å². The minimum Gasteiger partial charge on any atom is -0.495 e. The summed E-state index contributed by atoms with van der Waals surface area (Å²) in [6, 6.07) is 3.74. The molecule has 0 saturated heterocycles. The summed E-state index contributed by atoms with van der Waals surface area (Å²) in [5.41, 5.74) is 0.976. The van der Waals surface area contributed by atoms with Gasteiger partial charge in [0.15, 0.2) is 0 Å². The SMILES string of the molecule is CCCCCCCCCC(Cl)c1cc(Cl)cc(Br)c1OC. The summed E-state index contributed by atoms with van der Waals surface area (Å²) in [5, 5.41) is 0.633. The van der Waals surface area contributed by atoms with Crippen molar-refractivity contribution < 1.29 is 4.74 Å². The first kappa shape index (κ1) is 19.1. The van der Waals surface area contributed by atoms with E-state index < -0.39 is 0 Å². The van der Waals surface area contributed by atoms with Crippen molar-refractivity contribution in [3.05, 3.63) is 27.2 Å². The lowest BCUT2D eigenvalue weighted by Crippen LogP contribution is -1.97. The summed E-state index contributed by atoms with van der Waals surface area (Å²) < 4.78 is 6.29. The van der Waals surface area contributed by atoms with Crippen LogP contribution in [0, 0.1) is 0 Å². The molecule has 0 aliphatic rings. The largest absolute Gasteiger partial charge is 0.495 e. The Bertz CT molecular complexity index is 423. The fraction of sp³-hybridized carbons (Fsp3) is 0.647. The highest BCUT2D eigenvalue weighted by Crippen LogP contribution is 2.40. The summed E-state index contributed by atoms with van der Waals surface area (Å²) in [5.74, 6) is 0.794. The van der Waals surface area contributed by atoms with Crippen LogP contribution >= 0.6 is 39.1 Å². The molecule has 120 valence electrons. The molecule has 0 heterocycles. The summed E-state index contributed by atoms with van der Waals surface area (Å²) in [7, 11) is 1.66. The van der Waals surface area contributed by atoms with Crippen molar-refractivity contribution in [3.63, 3.8) is 0 Å². The number of hydrogen-bond acceptors (Lipinski definition) is 1. The van der Waals surface area contributed by atoms with E-state index in [9.17, 15) is 0 Å². The van der Waals surface area contributed by atoms with Crippen LogP contribution in [0.15, 0.2) is 16.6 Å². The molecule has 0 N–H and O–H groups in total. The first-order chi connectivity index (χ1) is 10.1. The highest BCUT2D eigenvalue weighted by Gasteiger charge is 2.16. The fourth-order valence-electron chi connectivity index (χ4n) is 2.46. The van der Waals surface area contributed by atoms with E-state index in [2.05, 4.69) is 22.9 Å². The van der Waals surface area contributed by atoms with Crippen LogP contribution in [0.1, 0.15) is 69.2 Å². The Hall–Kier alpha value is 0.0800. The van der Waals surface area contributed by atoms with Crippen LogP contribution in [-0.2, 0) is 0 Å². The van der Waals surface area contributed by atoms with Crippen molar-refractivity contribution in [2.75, 3.05) is 7.11 Å². The molecule has 21 heavy (non-hydrogen) atoms. The number of halogens is 3. The van der Waals surface area contributed by atoms with E-state index in [0.717, 1.165) is 28.6 Å². The van der Waals surface area contributed by atoms with Gasteiger partial charge < -0.3 is 4.74 Å². The van der Waals surface area contributed by atoms with Crippen LogP contribution in [0.2, 0.25) is 5.02 Å². The van der Waals surface area contributed by atoms with Gasteiger partial charge in [-0.1, -0.05) is 63.5 Å². The molecule has 4 heteroatoms. The molecule has 0 amide bonds. The zero-order chi connectivity index (χ0) is 15.7. The summed E-state index contributed by atoms with van der Waals surface area (Å²) in [6.45, 7) is 2.24. The van der Waals surface area contributed by atoms with Gasteiger partial charge >= 0.3 is 0 Å². The lowest BCUT2D eigenvalue weighted by atomic mass is 10.0. The Morgan fingerprint density at radius 1 is 1.10 bits per heavy atom. The minimum atomic E-state index is -0.0504. The lowest BCUT2D eigenvalue weighted by molar-refractivity contribution is 0.405. The first-order valence-electron chi connectivity index (χ1n) is 7.77. The molecule has 1 nitrogen and oxygen atoms in total. The third-order valence-corrected chi connectivity index (χ3v) is 4.90. The van der Waals surface area contributed by atoms with Gasteiger partial charge in [-0.15, -0.1) is 11.6 Å². The van der Waals surface area contributed by atoms with Crippen molar-refractivity contribution in [1.82, 2.24) is 0 Å². The van der Waals surface area contributed by atoms with E-state index in [-0.39, 0.29) is 5.38 Å². The Morgan fingerprint density at radius 3 is 2.33 bits per heavy atom. The first-order valence-corrected chi connectivity index (χ1v) is 9.37. The van der Waals surface area contributed by atoms with E-state index in [1.165, 1.54) is 38.5 Å². The molecule has 0 spiro atoms. The van der Waals surface area contributed by atoms with E-state index in [4.69, 9.17) is 27.9 Å². The molecule has 0 radical (unpaired) electrons. The summed E-state index contributed by atoms with van der Waals surface area (Å²) in [4.78, 5) is 0. The standard InChI is InChI=1S/C17H25BrCl2O/c1-3-4-5-6-7-8-9-10-16(20)14-11-13(19)12-15(18)17(14)21-2/h11-12,16H,3-10H2,1-2H3. The fourth-order valence-corrected chi connectivity index (χ4v) is 3.78. The van der Waals surface area contributed by atoms with Gasteiger partial charge in [0.25, 0.3) is 0 Å². The summed E-state index contributed by atoms with van der Waals surface area (Å²) >= 11 is 16.1. The predicted molar refractivity (Wildman–Crippen MR) is 96.9 cm³/mol. The molecule has 0 bridgehead atoms. The number of unbranched alkanes of at least 4 members (excludes halogenated alkanes) is 6. The highest BCUT2D eigenvalue weighted by atomic mass is 79.9. The van der Waals surface area contributed by atoms with Gasteiger partial charge in [-0.3, -0.25) is 0 Å². The van der Waals surface area contributed by atoms with E-state index in [1.54, 1.807) is 7.11 Å². The second-order valence-electron chi connectivity index (χ2n) is 5.39. The highest BCUT2D eigenvalue weighted by molar-refractivity contribution is 9.10. The molecule has 1 atom stereocenters. The third-order valence-electron chi connectivity index (χ3n) is 3.64. The van der Waals surface area contributed by atoms with Crippen LogP contribution in [0.3, 0.4) is 0 Å². The van der Waals surface area contributed by atoms with Crippen molar-refractivity contribution >= 4 is 39.1 Å². The van der Waals surface area contributed by atoms with Crippen molar-refractivity contribution in [3.8, 4) is 5.75 Å². The number of hydrogen-bond donors (Lipinski definition) is 0. The summed E-state index contributed by atoms with van der Waals surface area (Å²) in [6.07, 6.45) is 10.0. The molecular formula is C17H25BrCl2O. The van der Waals surface area contributed by atoms with E-state index >= 15 is 0 Å². The number of benzene rings is 1. The van der Waals surface area contributed by atoms with Gasteiger partial charge in [0.1, 0.15) is 5.75 Å². The minimum absolute atomic E-state index is 0.0504. The molecule has 1 aromatic rings. The average molecular weight is 396 g/mol. The quantitative estimate of drug-likeness (QED) is 0.293. The zero-order valence-corrected chi connectivity index (χ0v) is 16.0. The molecule has 0 aromatic heterocycles. The van der Waals surface area contributed by atoms with Gasteiger partial charge in [0.05, 0.1) is 17.0 Å². The normalized spacial score (nSPS) is 12.4. The number of ether oxygens (including phenoxy) is 1. The maximum Gasteiger partial charge on any atom is 0.137 e. The maximum atomic E-state index is 6.54. The van der Waals surface area contributed by atoms with Gasteiger partial charge in [0, 0.05) is 10.6 Å². The van der Waals surface area contributed by atoms with Crippen LogP contribution < -0.4 is 4.74 Å². The van der Waals surface area contributed by atoms with Crippen LogP contribution in [0.25, 0.3) is 0 Å². The second kappa shape index (κ2) is 10.7. The van der Waals surface area contributed by atoms with Crippen LogP contribution in [-0.4, -0.2) is 7.11 Å². The Balaban J connectivity index is 2.43. The average Bonchev–Trinajstić information content (AvgIpc) is 2.45. The third kappa shape index (κ3) is 6.80. The molecule has 0 aliphatic heterocycles. The second-order valence-corrected chi connectivity index (χ2v) is 7.21. The number of alkyl halides is 1. The van der Waals surface area contributed by atoms with Gasteiger partial charge in [-0.25, -0.2) is 0 Å². The molecule has 0 aliphatic carbocycles. The zero-order valence-electron chi connectivity index (χ0n) is 12.9. The Morgan fingerprint density at radius 2 is 1.71 bits per heavy atom. The van der Waals surface area contributed by atoms with Crippen LogP contribution in [0.4, 0.5) is 0 Å². The molecular weight excluding hydrogens is 371 g/mol. The van der Waals surface area contributed by atoms with Crippen molar-refractivity contribution in [2.45, 2.75) is 63.7 Å². The monoisotopic (exact) mass is 394 g/mol. The topological polar surface area (TPSA) is 9.23 Å². The van der Waals surface area contributed by atoms with E-state index in [0.29, 0.717) is 5.02 Å². The number of methoxy groups -OCH3 is 1. The van der Waals surface area contributed by atoms with Crippen molar-refractivity contribution in [1.29, 1.82) is 0 Å². The molecule has 0 fully saturated rings. The number of rotatable bonds is 10.